The zero-order valence-electron chi connectivity index (χ0n) is 13.2. The van der Waals surface area contributed by atoms with Crippen LogP contribution in [0.4, 0.5) is 4.39 Å². The third-order valence-electron chi connectivity index (χ3n) is 3.90. The first-order valence-corrected chi connectivity index (χ1v) is 7.34. The molecule has 3 heteroatoms. The van der Waals surface area contributed by atoms with Crippen LogP contribution in [0.3, 0.4) is 0 Å². The Morgan fingerprint density at radius 3 is 1.94 bits per heavy atom. The van der Waals surface area contributed by atoms with Gasteiger partial charge in [0.25, 0.3) is 0 Å². The number of halogens is 1. The molecule has 0 aliphatic rings. The highest BCUT2D eigenvalue weighted by Gasteiger charge is 2.17. The highest BCUT2D eigenvalue weighted by Crippen LogP contribution is 2.13. The van der Waals surface area contributed by atoms with Crippen LogP contribution in [-0.2, 0) is 0 Å². The number of hydrogen-bond donors (Lipinski definition) is 0. The van der Waals surface area contributed by atoms with E-state index in [9.17, 15) is 4.39 Å². The first-order chi connectivity index (χ1) is 8.42. The van der Waals surface area contributed by atoms with Crippen molar-refractivity contribution in [3.8, 4) is 0 Å². The van der Waals surface area contributed by atoms with Crippen LogP contribution in [0.15, 0.2) is 0 Å². The van der Waals surface area contributed by atoms with Crippen molar-refractivity contribution in [2.45, 2.75) is 58.5 Å². The SMILES string of the molecule is CC[C@@H](CCN(C)C(CF)CCC(C)C)N(C)C. The van der Waals surface area contributed by atoms with Gasteiger partial charge in [0.2, 0.25) is 0 Å². The normalized spacial score (nSPS) is 15.7. The summed E-state index contributed by atoms with van der Waals surface area (Å²) in [6.45, 7) is 7.39. The summed E-state index contributed by atoms with van der Waals surface area (Å²) in [6, 6.07) is 0.713. The predicted octanol–water partition coefficient (Wildman–Crippen LogP) is 3.42. The average Bonchev–Trinajstić information content (AvgIpc) is 2.29. The van der Waals surface area contributed by atoms with Crippen molar-refractivity contribution >= 4 is 0 Å². The molecule has 0 rings (SSSR count). The number of hydrogen-bond acceptors (Lipinski definition) is 2. The Bertz CT molecular complexity index is 195. The van der Waals surface area contributed by atoms with E-state index in [0.29, 0.717) is 12.0 Å². The molecule has 0 bridgehead atoms. The van der Waals surface area contributed by atoms with Gasteiger partial charge in [0.1, 0.15) is 6.67 Å². The third-order valence-corrected chi connectivity index (χ3v) is 3.90. The van der Waals surface area contributed by atoms with Crippen molar-refractivity contribution in [1.82, 2.24) is 9.80 Å². The zero-order valence-corrected chi connectivity index (χ0v) is 13.2. The average molecular weight is 260 g/mol. The summed E-state index contributed by atoms with van der Waals surface area (Å²) in [5.41, 5.74) is 0. The molecular formula is C15H33FN2. The van der Waals surface area contributed by atoms with Gasteiger partial charge in [-0.2, -0.15) is 0 Å². The number of nitrogens with zero attached hydrogens (tertiary/aromatic N) is 2. The van der Waals surface area contributed by atoms with E-state index in [-0.39, 0.29) is 12.7 Å². The second kappa shape index (κ2) is 9.74. The van der Waals surface area contributed by atoms with Crippen LogP contribution in [-0.4, -0.2) is 56.2 Å². The van der Waals surface area contributed by atoms with E-state index in [2.05, 4.69) is 51.7 Å². The first-order valence-electron chi connectivity index (χ1n) is 7.34. The van der Waals surface area contributed by atoms with E-state index in [0.717, 1.165) is 32.2 Å². The van der Waals surface area contributed by atoms with Gasteiger partial charge < -0.3 is 9.80 Å². The highest BCUT2D eigenvalue weighted by atomic mass is 19.1. The molecule has 2 nitrogen and oxygen atoms in total. The summed E-state index contributed by atoms with van der Waals surface area (Å²) >= 11 is 0. The minimum absolute atomic E-state index is 0.104. The molecule has 0 heterocycles. The fraction of sp³-hybridized carbons (Fsp3) is 1.00. The molecule has 1 unspecified atom stereocenters. The molecule has 0 spiro atoms. The molecule has 0 aromatic carbocycles. The smallest absolute Gasteiger partial charge is 0.105 e. The molecule has 2 atom stereocenters. The third kappa shape index (κ3) is 7.32. The molecule has 18 heavy (non-hydrogen) atoms. The van der Waals surface area contributed by atoms with Crippen molar-refractivity contribution in [3.05, 3.63) is 0 Å². The maximum atomic E-state index is 13.1. The van der Waals surface area contributed by atoms with Crippen LogP contribution in [0.25, 0.3) is 0 Å². The molecular weight excluding hydrogens is 227 g/mol. The number of rotatable bonds is 10. The molecule has 0 saturated heterocycles. The lowest BCUT2D eigenvalue weighted by Gasteiger charge is -2.30. The molecule has 0 radical (unpaired) electrons. The van der Waals surface area contributed by atoms with Crippen molar-refractivity contribution in [2.75, 3.05) is 34.4 Å². The van der Waals surface area contributed by atoms with Crippen LogP contribution in [0, 0.1) is 5.92 Å². The molecule has 0 aliphatic heterocycles. The Balaban J connectivity index is 4.06. The zero-order chi connectivity index (χ0) is 14.1. The Kier molecular flexibility index (Phi) is 9.66. The fourth-order valence-corrected chi connectivity index (χ4v) is 2.30. The highest BCUT2D eigenvalue weighted by molar-refractivity contribution is 4.72. The minimum Gasteiger partial charge on any atom is -0.306 e. The Labute approximate surface area is 114 Å². The van der Waals surface area contributed by atoms with E-state index >= 15 is 0 Å². The predicted molar refractivity (Wildman–Crippen MR) is 78.8 cm³/mol. The Morgan fingerprint density at radius 2 is 1.56 bits per heavy atom. The molecule has 0 fully saturated rings. The van der Waals surface area contributed by atoms with E-state index in [1.165, 1.54) is 0 Å². The largest absolute Gasteiger partial charge is 0.306 e. The number of alkyl halides is 1. The summed E-state index contributed by atoms with van der Waals surface area (Å²) in [7, 11) is 6.31. The molecule has 0 aromatic rings. The second-order valence-electron chi connectivity index (χ2n) is 6.07. The van der Waals surface area contributed by atoms with Gasteiger partial charge in [0.15, 0.2) is 0 Å². The minimum atomic E-state index is -0.220. The lowest BCUT2D eigenvalue weighted by Crippen LogP contribution is -2.38. The van der Waals surface area contributed by atoms with E-state index in [1.54, 1.807) is 0 Å². The van der Waals surface area contributed by atoms with Gasteiger partial charge >= 0.3 is 0 Å². The van der Waals surface area contributed by atoms with Gasteiger partial charge in [0.05, 0.1) is 0 Å². The topological polar surface area (TPSA) is 6.48 Å². The quantitative estimate of drug-likeness (QED) is 0.594. The summed E-state index contributed by atoms with van der Waals surface area (Å²) < 4.78 is 13.1. The van der Waals surface area contributed by atoms with Crippen LogP contribution < -0.4 is 0 Å². The summed E-state index contributed by atoms with van der Waals surface area (Å²) in [5, 5.41) is 0. The van der Waals surface area contributed by atoms with E-state index in [1.807, 2.05) is 0 Å². The standard InChI is InChI=1S/C15H33FN2/c1-7-14(17(4)5)10-11-18(6)15(12-16)9-8-13(2)3/h13-15H,7-12H2,1-6H3/t14-,15?/m0/s1. The van der Waals surface area contributed by atoms with Gasteiger partial charge in [0, 0.05) is 12.1 Å². The maximum absolute atomic E-state index is 13.1. The van der Waals surface area contributed by atoms with Crippen LogP contribution >= 0.6 is 0 Å². The van der Waals surface area contributed by atoms with Crippen LogP contribution in [0.2, 0.25) is 0 Å². The lowest BCUT2D eigenvalue weighted by atomic mass is 10.0. The lowest BCUT2D eigenvalue weighted by molar-refractivity contribution is 0.161. The summed E-state index contributed by atoms with van der Waals surface area (Å²) in [4.78, 5) is 4.47. The molecule has 0 amide bonds. The Hall–Kier alpha value is -0.150. The summed E-state index contributed by atoms with van der Waals surface area (Å²) in [6.07, 6.45) is 4.37. The van der Waals surface area contributed by atoms with Gasteiger partial charge in [-0.05, 0) is 59.3 Å². The van der Waals surface area contributed by atoms with Crippen molar-refractivity contribution in [2.24, 2.45) is 5.92 Å². The van der Waals surface area contributed by atoms with E-state index in [4.69, 9.17) is 0 Å². The van der Waals surface area contributed by atoms with Crippen LogP contribution in [0.1, 0.15) is 46.5 Å². The van der Waals surface area contributed by atoms with Crippen molar-refractivity contribution in [3.63, 3.8) is 0 Å². The van der Waals surface area contributed by atoms with Gasteiger partial charge in [-0.1, -0.05) is 20.8 Å². The molecule has 0 saturated carbocycles. The van der Waals surface area contributed by atoms with Gasteiger partial charge in [-0.15, -0.1) is 0 Å². The van der Waals surface area contributed by atoms with Crippen molar-refractivity contribution < 1.29 is 4.39 Å². The summed E-state index contributed by atoms with van der Waals surface area (Å²) in [5.74, 6) is 0.664. The Morgan fingerprint density at radius 1 is 0.944 bits per heavy atom. The van der Waals surface area contributed by atoms with Gasteiger partial charge in [-0.3, -0.25) is 0 Å². The molecule has 110 valence electrons. The molecule has 0 aliphatic carbocycles. The van der Waals surface area contributed by atoms with Crippen LogP contribution in [0.5, 0.6) is 0 Å². The maximum Gasteiger partial charge on any atom is 0.105 e. The monoisotopic (exact) mass is 260 g/mol. The fourth-order valence-electron chi connectivity index (χ4n) is 2.30. The molecule has 0 aromatic heterocycles. The molecule has 0 N–H and O–H groups in total. The second-order valence-corrected chi connectivity index (χ2v) is 6.07. The van der Waals surface area contributed by atoms with Gasteiger partial charge in [-0.25, -0.2) is 4.39 Å². The first kappa shape index (κ1) is 17.8. The van der Waals surface area contributed by atoms with Crippen molar-refractivity contribution in [1.29, 1.82) is 0 Å². The van der Waals surface area contributed by atoms with E-state index < -0.39 is 0 Å².